The molecule has 0 saturated carbocycles. The molecule has 1 saturated heterocycles. The average Bonchev–Trinajstić information content (AvgIpc) is 3.18. The minimum absolute atomic E-state index is 0.0946. The molecule has 8 heteroatoms. The lowest BCUT2D eigenvalue weighted by molar-refractivity contribution is -0.119. The number of nitriles is 1. The van der Waals surface area contributed by atoms with Crippen molar-refractivity contribution >= 4 is 21.6 Å². The summed E-state index contributed by atoms with van der Waals surface area (Å²) in [4.78, 5) is 13.0. The van der Waals surface area contributed by atoms with Crippen molar-refractivity contribution in [1.29, 1.82) is 5.26 Å². The van der Waals surface area contributed by atoms with Crippen LogP contribution in [-0.4, -0.2) is 37.8 Å². The first-order valence-corrected chi connectivity index (χ1v) is 10.3. The van der Waals surface area contributed by atoms with Crippen LogP contribution in [0.25, 0.3) is 0 Å². The fourth-order valence-corrected chi connectivity index (χ4v) is 4.80. The maximum atomic E-state index is 13.0. The zero-order valence-corrected chi connectivity index (χ0v) is 16.3. The minimum atomic E-state index is -3.75. The van der Waals surface area contributed by atoms with Crippen molar-refractivity contribution in [3.8, 4) is 11.8 Å². The second-order valence-electron chi connectivity index (χ2n) is 6.55. The van der Waals surface area contributed by atoms with Crippen molar-refractivity contribution in [2.24, 2.45) is 0 Å². The lowest BCUT2D eigenvalue weighted by atomic mass is 10.2. The summed E-state index contributed by atoms with van der Waals surface area (Å²) in [5, 5.41) is 11.3. The van der Waals surface area contributed by atoms with Crippen LogP contribution in [0, 0.1) is 18.3 Å². The molecule has 1 fully saturated rings. The van der Waals surface area contributed by atoms with Crippen molar-refractivity contribution in [1.82, 2.24) is 4.31 Å². The van der Waals surface area contributed by atoms with Crippen LogP contribution < -0.4 is 10.1 Å². The van der Waals surface area contributed by atoms with E-state index in [4.69, 9.17) is 10.00 Å². The molecule has 1 aliphatic rings. The predicted octanol–water partition coefficient (Wildman–Crippen LogP) is 2.69. The summed E-state index contributed by atoms with van der Waals surface area (Å²) in [7, 11) is -3.75. The molecule has 0 aliphatic carbocycles. The molecule has 1 atom stereocenters. The van der Waals surface area contributed by atoms with E-state index in [9.17, 15) is 13.2 Å². The summed E-state index contributed by atoms with van der Waals surface area (Å²) in [5.41, 5.74) is 1.45. The number of amides is 1. The van der Waals surface area contributed by atoms with E-state index in [1.165, 1.54) is 4.31 Å². The largest absolute Gasteiger partial charge is 0.479 e. The van der Waals surface area contributed by atoms with E-state index in [2.05, 4.69) is 5.32 Å². The SMILES string of the molecule is Cc1ccc(S(=O)(=O)N2CCC[C@H]2C(=O)Nc2cccc(OCC#N)c2)cc1. The summed E-state index contributed by atoms with van der Waals surface area (Å²) in [5.74, 6) is 0.0699. The zero-order valence-electron chi connectivity index (χ0n) is 15.5. The number of ether oxygens (including phenoxy) is 1. The third kappa shape index (κ3) is 4.32. The highest BCUT2D eigenvalue weighted by Crippen LogP contribution is 2.27. The van der Waals surface area contributed by atoms with Crippen molar-refractivity contribution in [3.63, 3.8) is 0 Å². The molecule has 2 aromatic rings. The summed E-state index contributed by atoms with van der Waals surface area (Å²) < 4.78 is 32.5. The van der Waals surface area contributed by atoms with Gasteiger partial charge in [-0.2, -0.15) is 9.57 Å². The molecule has 28 heavy (non-hydrogen) atoms. The van der Waals surface area contributed by atoms with E-state index in [-0.39, 0.29) is 17.4 Å². The Bertz CT molecular complexity index is 997. The Morgan fingerprint density at radius 3 is 2.75 bits per heavy atom. The molecule has 0 spiro atoms. The Morgan fingerprint density at radius 2 is 2.04 bits per heavy atom. The maximum Gasteiger partial charge on any atom is 0.243 e. The Hall–Kier alpha value is -2.89. The van der Waals surface area contributed by atoms with Gasteiger partial charge in [0.15, 0.2) is 6.61 Å². The van der Waals surface area contributed by atoms with Crippen LogP contribution >= 0.6 is 0 Å². The molecule has 1 heterocycles. The van der Waals surface area contributed by atoms with Crippen LogP contribution in [0.3, 0.4) is 0 Å². The van der Waals surface area contributed by atoms with Gasteiger partial charge in [-0.1, -0.05) is 23.8 Å². The molecule has 0 radical (unpaired) electrons. The third-order valence-corrected chi connectivity index (χ3v) is 6.46. The van der Waals surface area contributed by atoms with Crippen molar-refractivity contribution < 1.29 is 17.9 Å². The number of nitrogens with one attached hydrogen (secondary N) is 1. The number of benzene rings is 2. The van der Waals surface area contributed by atoms with E-state index in [1.54, 1.807) is 48.5 Å². The van der Waals surface area contributed by atoms with E-state index in [0.717, 1.165) is 5.56 Å². The molecule has 1 aliphatic heterocycles. The highest BCUT2D eigenvalue weighted by Gasteiger charge is 2.39. The number of hydrogen-bond acceptors (Lipinski definition) is 5. The van der Waals surface area contributed by atoms with Crippen LogP contribution in [0.5, 0.6) is 5.75 Å². The molecule has 7 nitrogen and oxygen atoms in total. The predicted molar refractivity (Wildman–Crippen MR) is 104 cm³/mol. The molecular formula is C20H21N3O4S. The van der Waals surface area contributed by atoms with Gasteiger partial charge in [0.05, 0.1) is 4.90 Å². The Labute approximate surface area is 164 Å². The van der Waals surface area contributed by atoms with Crippen LogP contribution in [0.15, 0.2) is 53.4 Å². The third-order valence-electron chi connectivity index (χ3n) is 4.54. The lowest BCUT2D eigenvalue weighted by Gasteiger charge is -2.23. The Balaban J connectivity index is 1.76. The minimum Gasteiger partial charge on any atom is -0.479 e. The fraction of sp³-hybridized carbons (Fsp3) is 0.300. The van der Waals surface area contributed by atoms with Crippen LogP contribution in [0.1, 0.15) is 18.4 Å². The summed E-state index contributed by atoms with van der Waals surface area (Å²) in [6.45, 7) is 2.10. The molecule has 146 valence electrons. The van der Waals surface area contributed by atoms with Crippen LogP contribution in [0.4, 0.5) is 5.69 Å². The highest BCUT2D eigenvalue weighted by molar-refractivity contribution is 7.89. The summed E-state index contributed by atoms with van der Waals surface area (Å²) in [6, 6.07) is 14.4. The van der Waals surface area contributed by atoms with Gasteiger partial charge in [0, 0.05) is 18.3 Å². The van der Waals surface area contributed by atoms with E-state index in [0.29, 0.717) is 30.8 Å². The Kier molecular flexibility index (Phi) is 5.97. The normalized spacial score (nSPS) is 17.1. The molecule has 0 aromatic heterocycles. The van der Waals surface area contributed by atoms with Crippen LogP contribution in [0.2, 0.25) is 0 Å². The molecule has 0 unspecified atom stereocenters. The van der Waals surface area contributed by atoms with Gasteiger partial charge in [-0.25, -0.2) is 8.42 Å². The monoisotopic (exact) mass is 399 g/mol. The number of nitrogens with zero attached hydrogens (tertiary/aromatic N) is 2. The second kappa shape index (κ2) is 8.42. The first-order valence-electron chi connectivity index (χ1n) is 8.91. The van der Waals surface area contributed by atoms with E-state index in [1.807, 2.05) is 13.0 Å². The number of aryl methyl sites for hydroxylation is 1. The van der Waals surface area contributed by atoms with E-state index >= 15 is 0 Å². The fourth-order valence-electron chi connectivity index (χ4n) is 3.14. The van der Waals surface area contributed by atoms with Gasteiger partial charge in [-0.3, -0.25) is 4.79 Å². The van der Waals surface area contributed by atoms with E-state index < -0.39 is 16.1 Å². The van der Waals surface area contributed by atoms with Gasteiger partial charge in [0.1, 0.15) is 17.9 Å². The lowest BCUT2D eigenvalue weighted by Crippen LogP contribution is -2.43. The van der Waals surface area contributed by atoms with Gasteiger partial charge in [0.2, 0.25) is 15.9 Å². The molecule has 1 amide bonds. The first-order chi connectivity index (χ1) is 13.4. The first kappa shape index (κ1) is 19.9. The van der Waals surface area contributed by atoms with Gasteiger partial charge < -0.3 is 10.1 Å². The second-order valence-corrected chi connectivity index (χ2v) is 8.44. The molecular weight excluding hydrogens is 378 g/mol. The smallest absolute Gasteiger partial charge is 0.243 e. The van der Waals surface area contributed by atoms with Crippen molar-refractivity contribution in [3.05, 3.63) is 54.1 Å². The van der Waals surface area contributed by atoms with Crippen molar-refractivity contribution in [2.45, 2.75) is 30.7 Å². The van der Waals surface area contributed by atoms with Gasteiger partial charge in [-0.05, 0) is 44.0 Å². The summed E-state index contributed by atoms with van der Waals surface area (Å²) >= 11 is 0. The van der Waals surface area contributed by atoms with Crippen molar-refractivity contribution in [2.75, 3.05) is 18.5 Å². The summed E-state index contributed by atoms with van der Waals surface area (Å²) in [6.07, 6.45) is 1.08. The Morgan fingerprint density at radius 1 is 1.29 bits per heavy atom. The quantitative estimate of drug-likeness (QED) is 0.805. The number of carbonyl (C=O) groups is 1. The molecule has 1 N–H and O–H groups in total. The molecule has 2 aromatic carbocycles. The number of rotatable bonds is 6. The number of sulfonamides is 1. The zero-order chi connectivity index (χ0) is 20.1. The number of hydrogen-bond donors (Lipinski definition) is 1. The average molecular weight is 399 g/mol. The maximum absolute atomic E-state index is 13.0. The van der Waals surface area contributed by atoms with Crippen LogP contribution in [-0.2, 0) is 14.8 Å². The topological polar surface area (TPSA) is 99.5 Å². The highest BCUT2D eigenvalue weighted by atomic mass is 32.2. The molecule has 0 bridgehead atoms. The van der Waals surface area contributed by atoms with Gasteiger partial charge in [0.25, 0.3) is 0 Å². The number of anilines is 1. The standard InChI is InChI=1S/C20H21N3O4S/c1-15-7-9-18(10-8-15)28(25,26)23-12-3-6-19(23)20(24)22-16-4-2-5-17(14-16)27-13-11-21/h2,4-5,7-10,14,19H,3,6,12-13H2,1H3,(H,22,24)/t19-/m0/s1. The number of carbonyl (C=O) groups excluding carboxylic acids is 1. The van der Waals surface area contributed by atoms with Gasteiger partial charge in [-0.15, -0.1) is 0 Å². The molecule has 3 rings (SSSR count). The van der Waals surface area contributed by atoms with Gasteiger partial charge >= 0.3 is 0 Å².